The van der Waals surface area contributed by atoms with Crippen molar-refractivity contribution in [3.05, 3.63) is 60.4 Å². The second kappa shape index (κ2) is 7.97. The van der Waals surface area contributed by atoms with Gasteiger partial charge in [-0.25, -0.2) is 0 Å². The van der Waals surface area contributed by atoms with Crippen LogP contribution in [0.4, 0.5) is 0 Å². The van der Waals surface area contributed by atoms with Gasteiger partial charge in [0.25, 0.3) is 5.89 Å². The van der Waals surface area contributed by atoms with Gasteiger partial charge in [-0.15, -0.1) is 0 Å². The molecule has 0 spiro atoms. The second-order valence-corrected chi connectivity index (χ2v) is 8.50. The number of carbonyl (C=O) groups is 1. The van der Waals surface area contributed by atoms with Crippen molar-refractivity contribution in [2.45, 2.75) is 43.9 Å². The Balaban J connectivity index is 1.31. The van der Waals surface area contributed by atoms with E-state index in [1.54, 1.807) is 24.8 Å². The average molecular weight is 403 g/mol. The average Bonchev–Trinajstić information content (AvgIpc) is 3.45. The van der Waals surface area contributed by atoms with Crippen molar-refractivity contribution in [2.24, 2.45) is 5.92 Å². The molecule has 154 valence electrons. The molecular weight excluding hydrogens is 378 g/mol. The number of nitrogens with zero attached hydrogens (tertiary/aromatic N) is 5. The first-order valence-corrected chi connectivity index (χ1v) is 10.6. The zero-order valence-electron chi connectivity index (χ0n) is 16.9. The van der Waals surface area contributed by atoms with Crippen molar-refractivity contribution in [1.82, 2.24) is 25.0 Å². The molecule has 1 saturated carbocycles. The molecule has 30 heavy (non-hydrogen) atoms. The molecule has 1 amide bonds. The van der Waals surface area contributed by atoms with E-state index in [1.165, 1.54) is 12.8 Å². The maximum absolute atomic E-state index is 12.8. The van der Waals surface area contributed by atoms with E-state index in [0.717, 1.165) is 55.2 Å². The second-order valence-electron chi connectivity index (χ2n) is 8.50. The Morgan fingerprint density at radius 2 is 1.70 bits per heavy atom. The normalized spacial score (nSPS) is 18.3. The first-order valence-electron chi connectivity index (χ1n) is 10.6. The van der Waals surface area contributed by atoms with Gasteiger partial charge in [-0.1, -0.05) is 18.0 Å². The van der Waals surface area contributed by atoms with E-state index in [9.17, 15) is 4.79 Å². The molecule has 3 aromatic heterocycles. The topological polar surface area (TPSA) is 85.0 Å². The Labute approximate surface area is 175 Å². The molecular formula is C23H25N5O2. The molecule has 1 saturated heterocycles. The molecule has 0 bridgehead atoms. The highest BCUT2D eigenvalue weighted by molar-refractivity contribution is 5.78. The van der Waals surface area contributed by atoms with Crippen molar-refractivity contribution < 1.29 is 9.32 Å². The number of hydrogen-bond donors (Lipinski definition) is 0. The summed E-state index contributed by atoms with van der Waals surface area (Å²) in [7, 11) is 0. The Hall–Kier alpha value is -3.09. The van der Waals surface area contributed by atoms with Crippen LogP contribution in [0.1, 0.15) is 43.5 Å². The quantitative estimate of drug-likeness (QED) is 0.627. The SMILES string of the molecule is O=C(Cc1ccncc1)N1CCC(CC2CC2)(c2noc(-c3ccncc3)n2)CC1. The molecule has 7 heteroatoms. The third-order valence-electron chi connectivity index (χ3n) is 6.38. The molecule has 2 aliphatic rings. The summed E-state index contributed by atoms with van der Waals surface area (Å²) in [5.74, 6) is 2.25. The van der Waals surface area contributed by atoms with Gasteiger partial charge in [-0.05, 0) is 55.0 Å². The highest BCUT2D eigenvalue weighted by atomic mass is 16.5. The summed E-state index contributed by atoms with van der Waals surface area (Å²) in [4.78, 5) is 27.6. The van der Waals surface area contributed by atoms with Crippen LogP contribution in [0.15, 0.2) is 53.6 Å². The third-order valence-corrected chi connectivity index (χ3v) is 6.38. The van der Waals surface area contributed by atoms with Gasteiger partial charge < -0.3 is 9.42 Å². The lowest BCUT2D eigenvalue weighted by Crippen LogP contribution is -2.46. The lowest BCUT2D eigenvalue weighted by atomic mass is 9.73. The van der Waals surface area contributed by atoms with Crippen LogP contribution < -0.4 is 0 Å². The molecule has 3 aromatic rings. The molecule has 0 atom stereocenters. The van der Waals surface area contributed by atoms with E-state index in [2.05, 4.69) is 15.1 Å². The summed E-state index contributed by atoms with van der Waals surface area (Å²) in [5.41, 5.74) is 1.78. The van der Waals surface area contributed by atoms with Crippen molar-refractivity contribution in [3.63, 3.8) is 0 Å². The maximum Gasteiger partial charge on any atom is 0.258 e. The summed E-state index contributed by atoms with van der Waals surface area (Å²) in [5, 5.41) is 4.39. The van der Waals surface area contributed by atoms with Gasteiger partial charge in [0.15, 0.2) is 5.82 Å². The Morgan fingerprint density at radius 1 is 1.03 bits per heavy atom. The molecule has 4 heterocycles. The monoisotopic (exact) mass is 403 g/mol. The van der Waals surface area contributed by atoms with E-state index in [4.69, 9.17) is 9.51 Å². The first kappa shape index (κ1) is 18.9. The fourth-order valence-electron chi connectivity index (χ4n) is 4.42. The Bertz CT molecular complexity index is 993. The third kappa shape index (κ3) is 3.97. The van der Waals surface area contributed by atoms with Crippen molar-refractivity contribution in [1.29, 1.82) is 0 Å². The zero-order chi connectivity index (χ0) is 20.4. The van der Waals surface area contributed by atoms with Crippen molar-refractivity contribution in [2.75, 3.05) is 13.1 Å². The highest BCUT2D eigenvalue weighted by Gasteiger charge is 2.44. The lowest BCUT2D eigenvalue weighted by Gasteiger charge is -2.40. The summed E-state index contributed by atoms with van der Waals surface area (Å²) >= 11 is 0. The number of hydrogen-bond acceptors (Lipinski definition) is 6. The molecule has 0 aromatic carbocycles. The molecule has 1 aliphatic heterocycles. The maximum atomic E-state index is 12.8. The Kier molecular flexibility index (Phi) is 5.02. The van der Waals surface area contributed by atoms with Crippen molar-refractivity contribution in [3.8, 4) is 11.5 Å². The molecule has 5 rings (SSSR count). The van der Waals surface area contributed by atoms with Crippen LogP contribution in [-0.4, -0.2) is 44.0 Å². The number of aromatic nitrogens is 4. The number of piperidine rings is 1. The van der Waals surface area contributed by atoms with E-state index < -0.39 is 0 Å². The van der Waals surface area contributed by atoms with Gasteiger partial charge in [-0.3, -0.25) is 14.8 Å². The number of amides is 1. The molecule has 0 radical (unpaired) electrons. The minimum Gasteiger partial charge on any atom is -0.342 e. The largest absolute Gasteiger partial charge is 0.342 e. The number of rotatable bonds is 6. The highest BCUT2D eigenvalue weighted by Crippen LogP contribution is 2.46. The minimum atomic E-state index is -0.108. The van der Waals surface area contributed by atoms with Crippen molar-refractivity contribution >= 4 is 5.91 Å². The number of likely N-dealkylation sites (tertiary alicyclic amines) is 1. The van der Waals surface area contributed by atoms with Crippen LogP contribution in [0.5, 0.6) is 0 Å². The summed E-state index contributed by atoms with van der Waals surface area (Å²) in [6.45, 7) is 1.46. The van der Waals surface area contributed by atoms with E-state index in [0.29, 0.717) is 12.3 Å². The molecule has 0 N–H and O–H groups in total. The van der Waals surface area contributed by atoms with Crippen LogP contribution >= 0.6 is 0 Å². The lowest BCUT2D eigenvalue weighted by molar-refractivity contribution is -0.132. The fraction of sp³-hybridized carbons (Fsp3) is 0.435. The Morgan fingerprint density at radius 3 is 2.37 bits per heavy atom. The van der Waals surface area contributed by atoms with Gasteiger partial charge in [-0.2, -0.15) is 4.98 Å². The van der Waals surface area contributed by atoms with Gasteiger partial charge in [0.2, 0.25) is 5.91 Å². The minimum absolute atomic E-state index is 0.108. The van der Waals surface area contributed by atoms with Gasteiger partial charge in [0, 0.05) is 48.9 Å². The predicted octanol–water partition coefficient (Wildman–Crippen LogP) is 3.43. The smallest absolute Gasteiger partial charge is 0.258 e. The van der Waals surface area contributed by atoms with E-state index >= 15 is 0 Å². The molecule has 2 fully saturated rings. The first-order chi connectivity index (χ1) is 14.7. The van der Waals surface area contributed by atoms with Crippen LogP contribution in [0.2, 0.25) is 0 Å². The van der Waals surface area contributed by atoms with Crippen LogP contribution in [0, 0.1) is 5.92 Å². The molecule has 0 unspecified atom stereocenters. The molecule has 7 nitrogen and oxygen atoms in total. The summed E-state index contributed by atoms with van der Waals surface area (Å²) in [6.07, 6.45) is 12.7. The predicted molar refractivity (Wildman–Crippen MR) is 110 cm³/mol. The van der Waals surface area contributed by atoms with Crippen LogP contribution in [0.25, 0.3) is 11.5 Å². The zero-order valence-corrected chi connectivity index (χ0v) is 16.9. The van der Waals surface area contributed by atoms with Crippen LogP contribution in [-0.2, 0) is 16.6 Å². The van der Waals surface area contributed by atoms with Gasteiger partial charge in [0.05, 0.1) is 6.42 Å². The van der Waals surface area contributed by atoms with Crippen LogP contribution in [0.3, 0.4) is 0 Å². The van der Waals surface area contributed by atoms with Gasteiger partial charge in [0.1, 0.15) is 0 Å². The number of pyridine rings is 2. The number of carbonyl (C=O) groups excluding carboxylic acids is 1. The standard InChI is InChI=1S/C23H25N5O2/c29-20(15-17-3-9-24-10-4-17)28-13-7-23(8-14-28,16-18-1-2-18)22-26-21(30-27-22)19-5-11-25-12-6-19/h3-6,9-12,18H,1-2,7-8,13-16H2. The van der Waals surface area contributed by atoms with E-state index in [1.807, 2.05) is 29.2 Å². The van der Waals surface area contributed by atoms with E-state index in [-0.39, 0.29) is 11.3 Å². The summed E-state index contributed by atoms with van der Waals surface area (Å²) < 4.78 is 5.61. The molecule has 1 aliphatic carbocycles. The fourth-order valence-corrected chi connectivity index (χ4v) is 4.42. The van der Waals surface area contributed by atoms with Gasteiger partial charge >= 0.3 is 0 Å². The summed E-state index contributed by atoms with van der Waals surface area (Å²) in [6, 6.07) is 7.56.